The van der Waals surface area contributed by atoms with Gasteiger partial charge in [0.15, 0.2) is 5.82 Å². The Bertz CT molecular complexity index is 528. The summed E-state index contributed by atoms with van der Waals surface area (Å²) in [4.78, 5) is 24.6. The number of hydrogen-bond acceptors (Lipinski definition) is 3. The summed E-state index contributed by atoms with van der Waals surface area (Å²) >= 11 is 11.3. The zero-order valence-corrected chi connectivity index (χ0v) is 11.6. The molecule has 7 heteroatoms. The summed E-state index contributed by atoms with van der Waals surface area (Å²) in [7, 11) is 0. The second-order valence-corrected chi connectivity index (χ2v) is 4.95. The molecule has 4 nitrogen and oxygen atoms in total. The van der Waals surface area contributed by atoms with Crippen molar-refractivity contribution in [3.05, 3.63) is 28.0 Å². The number of halogens is 3. The Morgan fingerprint density at radius 2 is 1.95 bits per heavy atom. The third-order valence-electron chi connectivity index (χ3n) is 2.88. The number of amides is 2. The monoisotopic (exact) mass is 304 g/mol. The van der Waals surface area contributed by atoms with Crippen LogP contribution in [0.3, 0.4) is 0 Å². The number of benzene rings is 1. The normalized spacial score (nSPS) is 19.2. The molecule has 1 N–H and O–H groups in total. The van der Waals surface area contributed by atoms with Gasteiger partial charge < -0.3 is 5.32 Å². The van der Waals surface area contributed by atoms with Gasteiger partial charge in [0, 0.05) is 12.2 Å². The van der Waals surface area contributed by atoms with Crippen LogP contribution in [0.1, 0.15) is 13.3 Å². The van der Waals surface area contributed by atoms with E-state index in [2.05, 4.69) is 5.32 Å². The Morgan fingerprint density at radius 3 is 2.42 bits per heavy atom. The molecule has 1 aromatic carbocycles. The first-order valence-corrected chi connectivity index (χ1v) is 6.45. The third kappa shape index (κ3) is 2.67. The van der Waals surface area contributed by atoms with Crippen molar-refractivity contribution in [1.29, 1.82) is 0 Å². The quantitative estimate of drug-likeness (QED) is 0.690. The van der Waals surface area contributed by atoms with Crippen molar-refractivity contribution >= 4 is 40.7 Å². The smallest absolute Gasteiger partial charge is 0.252 e. The average molecular weight is 305 g/mol. The van der Waals surface area contributed by atoms with Crippen LogP contribution in [0.25, 0.3) is 0 Å². The highest BCUT2D eigenvalue weighted by Crippen LogP contribution is 2.28. The van der Waals surface area contributed by atoms with Crippen molar-refractivity contribution in [3.8, 4) is 0 Å². The van der Waals surface area contributed by atoms with Gasteiger partial charge in [0.2, 0.25) is 5.91 Å². The number of nitrogens with one attached hydrogen (secondary N) is 1. The van der Waals surface area contributed by atoms with Crippen molar-refractivity contribution in [3.63, 3.8) is 0 Å². The Kier molecular flexibility index (Phi) is 3.96. The van der Waals surface area contributed by atoms with Crippen LogP contribution < -0.4 is 5.32 Å². The summed E-state index contributed by atoms with van der Waals surface area (Å²) in [6, 6.07) is 2.00. The van der Waals surface area contributed by atoms with E-state index in [9.17, 15) is 14.0 Å². The first-order chi connectivity index (χ1) is 8.93. The molecule has 0 aromatic heterocycles. The molecule has 0 bridgehead atoms. The molecule has 1 aliphatic rings. The van der Waals surface area contributed by atoms with Crippen LogP contribution in [0.5, 0.6) is 0 Å². The van der Waals surface area contributed by atoms with Gasteiger partial charge in [-0.25, -0.2) is 4.39 Å². The second kappa shape index (κ2) is 5.35. The minimum Gasteiger partial charge on any atom is -0.373 e. The van der Waals surface area contributed by atoms with Gasteiger partial charge in [0.25, 0.3) is 5.91 Å². The Balaban J connectivity index is 2.19. The lowest BCUT2D eigenvalue weighted by Gasteiger charge is -2.14. The number of rotatable bonds is 3. The molecule has 1 atom stereocenters. The number of anilines is 1. The van der Waals surface area contributed by atoms with Gasteiger partial charge in [0.05, 0.1) is 16.5 Å². The largest absolute Gasteiger partial charge is 0.373 e. The van der Waals surface area contributed by atoms with Gasteiger partial charge in [-0.1, -0.05) is 23.2 Å². The van der Waals surface area contributed by atoms with Crippen molar-refractivity contribution in [1.82, 2.24) is 4.90 Å². The first-order valence-electron chi connectivity index (χ1n) is 5.69. The highest BCUT2D eigenvalue weighted by molar-refractivity contribution is 6.35. The van der Waals surface area contributed by atoms with E-state index in [1.54, 1.807) is 6.92 Å². The number of imide groups is 1. The van der Waals surface area contributed by atoms with Crippen LogP contribution in [-0.4, -0.2) is 29.3 Å². The summed E-state index contributed by atoms with van der Waals surface area (Å²) in [6.45, 7) is 2.06. The number of hydrogen-bond donors (Lipinski definition) is 1. The molecule has 1 unspecified atom stereocenters. The molecule has 0 saturated carbocycles. The molecule has 1 aliphatic heterocycles. The molecule has 0 spiro atoms. The molecule has 0 aliphatic carbocycles. The maximum atomic E-state index is 13.3. The summed E-state index contributed by atoms with van der Waals surface area (Å²) in [5.74, 6) is -1.24. The van der Waals surface area contributed by atoms with E-state index in [0.29, 0.717) is 12.2 Å². The molecule has 1 saturated heterocycles. The van der Waals surface area contributed by atoms with Gasteiger partial charge in [-0.3, -0.25) is 14.5 Å². The summed E-state index contributed by atoms with van der Waals surface area (Å²) < 4.78 is 13.3. The Labute approximate surface area is 119 Å². The van der Waals surface area contributed by atoms with Gasteiger partial charge in [-0.05, 0) is 19.1 Å². The molecular weight excluding hydrogens is 294 g/mol. The minimum absolute atomic E-state index is 0.0687. The SMILES string of the molecule is CCN1C(=O)CC(Nc2cc(Cl)c(F)c(Cl)c2)C1=O. The molecule has 1 fully saturated rings. The van der Waals surface area contributed by atoms with Gasteiger partial charge in [-0.2, -0.15) is 0 Å². The van der Waals surface area contributed by atoms with Gasteiger partial charge >= 0.3 is 0 Å². The third-order valence-corrected chi connectivity index (χ3v) is 3.43. The Hall–Kier alpha value is -1.33. The van der Waals surface area contributed by atoms with Crippen molar-refractivity contribution in [2.45, 2.75) is 19.4 Å². The number of carbonyl (C=O) groups excluding carboxylic acids is 2. The van der Waals surface area contributed by atoms with E-state index in [0.717, 1.165) is 0 Å². The lowest BCUT2D eigenvalue weighted by atomic mass is 10.2. The summed E-state index contributed by atoms with van der Waals surface area (Å²) in [5.41, 5.74) is 0.403. The van der Waals surface area contributed by atoms with E-state index in [1.165, 1.54) is 17.0 Å². The molecule has 1 aromatic rings. The van der Waals surface area contributed by atoms with E-state index in [1.807, 2.05) is 0 Å². The van der Waals surface area contributed by atoms with Crippen LogP contribution >= 0.6 is 23.2 Å². The molecule has 2 amide bonds. The van der Waals surface area contributed by atoms with Gasteiger partial charge in [-0.15, -0.1) is 0 Å². The van der Waals surface area contributed by atoms with E-state index in [4.69, 9.17) is 23.2 Å². The predicted octanol–water partition coefficient (Wildman–Crippen LogP) is 2.69. The standard InChI is InChI=1S/C12H11Cl2FN2O2/c1-2-17-10(18)5-9(12(17)19)16-6-3-7(13)11(15)8(14)4-6/h3-4,9,16H,2,5H2,1H3. The minimum atomic E-state index is -0.710. The fourth-order valence-corrected chi connectivity index (χ4v) is 2.46. The van der Waals surface area contributed by atoms with Crippen LogP contribution in [0.15, 0.2) is 12.1 Å². The Morgan fingerprint density at radius 1 is 1.37 bits per heavy atom. The lowest BCUT2D eigenvalue weighted by molar-refractivity contribution is -0.138. The van der Waals surface area contributed by atoms with Crippen LogP contribution in [-0.2, 0) is 9.59 Å². The topological polar surface area (TPSA) is 49.4 Å². The van der Waals surface area contributed by atoms with E-state index in [-0.39, 0.29) is 28.3 Å². The maximum Gasteiger partial charge on any atom is 0.252 e. The molecule has 19 heavy (non-hydrogen) atoms. The highest BCUT2D eigenvalue weighted by atomic mass is 35.5. The predicted molar refractivity (Wildman–Crippen MR) is 70.8 cm³/mol. The average Bonchev–Trinajstić information content (AvgIpc) is 2.61. The fraction of sp³-hybridized carbons (Fsp3) is 0.333. The fourth-order valence-electron chi connectivity index (χ4n) is 1.97. The van der Waals surface area contributed by atoms with Crippen molar-refractivity contribution < 1.29 is 14.0 Å². The molecule has 102 valence electrons. The lowest BCUT2D eigenvalue weighted by Crippen LogP contribution is -2.34. The molecular formula is C12H11Cl2FN2O2. The van der Waals surface area contributed by atoms with Crippen LogP contribution in [0.4, 0.5) is 10.1 Å². The number of carbonyl (C=O) groups is 2. The summed E-state index contributed by atoms with van der Waals surface area (Å²) in [6.07, 6.45) is 0.0687. The van der Waals surface area contributed by atoms with Crippen LogP contribution in [0, 0.1) is 5.82 Å². The highest BCUT2D eigenvalue weighted by Gasteiger charge is 2.37. The first kappa shape index (κ1) is 14.1. The zero-order chi connectivity index (χ0) is 14.2. The van der Waals surface area contributed by atoms with E-state index >= 15 is 0 Å². The maximum absolute atomic E-state index is 13.3. The molecule has 2 rings (SSSR count). The zero-order valence-electron chi connectivity index (χ0n) is 10.0. The molecule has 0 radical (unpaired) electrons. The van der Waals surface area contributed by atoms with Gasteiger partial charge in [0.1, 0.15) is 6.04 Å². The van der Waals surface area contributed by atoms with Crippen LogP contribution in [0.2, 0.25) is 10.0 Å². The summed E-state index contributed by atoms with van der Waals surface area (Å²) in [5, 5.41) is 2.57. The number of likely N-dealkylation sites (tertiary alicyclic amines) is 1. The van der Waals surface area contributed by atoms with E-state index < -0.39 is 11.9 Å². The molecule has 1 heterocycles. The second-order valence-electron chi connectivity index (χ2n) is 4.13. The number of likely N-dealkylation sites (N-methyl/N-ethyl adjacent to an activating group) is 1. The van der Waals surface area contributed by atoms with Crippen molar-refractivity contribution in [2.24, 2.45) is 0 Å². The number of nitrogens with zero attached hydrogens (tertiary/aromatic N) is 1. The van der Waals surface area contributed by atoms with Crippen molar-refractivity contribution in [2.75, 3.05) is 11.9 Å².